The molecule has 4 aliphatic carbocycles. The van der Waals surface area contributed by atoms with Gasteiger partial charge in [0.1, 0.15) is 12.7 Å². The van der Waals surface area contributed by atoms with Crippen molar-refractivity contribution in [3.63, 3.8) is 0 Å². The van der Waals surface area contributed by atoms with E-state index in [1.54, 1.807) is 13.0 Å². The van der Waals surface area contributed by atoms with Crippen molar-refractivity contribution in [1.82, 2.24) is 0 Å². The van der Waals surface area contributed by atoms with E-state index in [0.29, 0.717) is 24.8 Å². The standard InChI is InChI=1S/C23H27FO5/c1-13(26)29-20-11-21(2)16(6-7-18(21)19(28)12-25)17-5-4-14-10-15(27)8-9-22(14,3)23(17,20)24/h7-10,16-17,20,25H,4-6,11-12H2,1-3H3/t16-,17-,20+,21-,22-,23-/m0/s1. The largest absolute Gasteiger partial charge is 0.459 e. The Balaban J connectivity index is 1.84. The second-order valence-electron chi connectivity index (χ2n) is 9.28. The van der Waals surface area contributed by atoms with Crippen LogP contribution in [0.25, 0.3) is 0 Å². The molecule has 0 spiro atoms. The smallest absolute Gasteiger partial charge is 0.303 e. The van der Waals surface area contributed by atoms with E-state index in [4.69, 9.17) is 4.74 Å². The molecule has 0 saturated heterocycles. The number of halogens is 1. The van der Waals surface area contributed by atoms with Crippen LogP contribution in [0.5, 0.6) is 0 Å². The summed E-state index contributed by atoms with van der Waals surface area (Å²) in [5, 5.41) is 9.42. The van der Waals surface area contributed by atoms with Crippen LogP contribution < -0.4 is 0 Å². The molecule has 0 aromatic rings. The van der Waals surface area contributed by atoms with Gasteiger partial charge in [0.25, 0.3) is 0 Å². The van der Waals surface area contributed by atoms with Gasteiger partial charge in [0.05, 0.1) is 0 Å². The number of fused-ring (bicyclic) bond motifs is 5. The third-order valence-corrected chi connectivity index (χ3v) is 7.95. The van der Waals surface area contributed by atoms with Crippen LogP contribution in [-0.4, -0.2) is 41.0 Å². The molecule has 5 nitrogen and oxygen atoms in total. The van der Waals surface area contributed by atoms with Gasteiger partial charge >= 0.3 is 5.97 Å². The van der Waals surface area contributed by atoms with E-state index in [-0.39, 0.29) is 23.9 Å². The van der Waals surface area contributed by atoms with Crippen molar-refractivity contribution in [2.75, 3.05) is 6.61 Å². The third-order valence-electron chi connectivity index (χ3n) is 7.95. The molecule has 0 aliphatic heterocycles. The van der Waals surface area contributed by atoms with E-state index in [1.807, 2.05) is 13.0 Å². The molecule has 1 N–H and O–H groups in total. The van der Waals surface area contributed by atoms with E-state index < -0.39 is 41.1 Å². The Bertz CT molecular complexity index is 886. The maximum absolute atomic E-state index is 17.3. The van der Waals surface area contributed by atoms with Crippen LogP contribution in [0.4, 0.5) is 4.39 Å². The quantitative estimate of drug-likeness (QED) is 0.734. The maximum Gasteiger partial charge on any atom is 0.303 e. The fourth-order valence-electron chi connectivity index (χ4n) is 6.59. The van der Waals surface area contributed by atoms with Crippen molar-refractivity contribution < 1.29 is 28.6 Å². The summed E-state index contributed by atoms with van der Waals surface area (Å²) >= 11 is 0. The van der Waals surface area contributed by atoms with Crippen molar-refractivity contribution in [2.24, 2.45) is 22.7 Å². The molecule has 156 valence electrons. The van der Waals surface area contributed by atoms with Gasteiger partial charge in [-0.3, -0.25) is 14.4 Å². The van der Waals surface area contributed by atoms with E-state index in [9.17, 15) is 19.5 Å². The molecule has 4 rings (SSSR count). The number of alkyl halides is 1. The molecular formula is C23H27FO5. The van der Waals surface area contributed by atoms with E-state index in [1.165, 1.54) is 19.1 Å². The van der Waals surface area contributed by atoms with E-state index >= 15 is 4.39 Å². The van der Waals surface area contributed by atoms with Gasteiger partial charge in [0, 0.05) is 23.7 Å². The number of aliphatic hydroxyl groups is 1. The molecular weight excluding hydrogens is 375 g/mol. The molecule has 2 saturated carbocycles. The highest BCUT2D eigenvalue weighted by Crippen LogP contribution is 2.68. The minimum absolute atomic E-state index is 0.130. The predicted molar refractivity (Wildman–Crippen MR) is 103 cm³/mol. The summed E-state index contributed by atoms with van der Waals surface area (Å²) < 4.78 is 22.8. The molecule has 6 heteroatoms. The van der Waals surface area contributed by atoms with Gasteiger partial charge in [-0.15, -0.1) is 0 Å². The molecule has 0 bridgehead atoms. The van der Waals surface area contributed by atoms with Crippen LogP contribution in [-0.2, 0) is 19.1 Å². The lowest BCUT2D eigenvalue weighted by Gasteiger charge is -2.62. The topological polar surface area (TPSA) is 80.7 Å². The number of ketones is 2. The Hall–Kier alpha value is -2.08. The number of hydrogen-bond acceptors (Lipinski definition) is 5. The SMILES string of the molecule is CC(=O)O[C@@H]1C[C@]2(C)C(C(=O)CO)=CC[C@H]2[C@@H]2CCC3=CC(=O)C=C[C@]3(C)[C@@]12F. The number of esters is 1. The van der Waals surface area contributed by atoms with Crippen LogP contribution in [0.15, 0.2) is 35.5 Å². The van der Waals surface area contributed by atoms with Crippen molar-refractivity contribution in [1.29, 1.82) is 0 Å². The fraction of sp³-hybridized carbons (Fsp3) is 0.609. The van der Waals surface area contributed by atoms with Crippen LogP contribution in [0, 0.1) is 22.7 Å². The number of Topliss-reactive ketones (excluding diaryl/α,β-unsaturated/α-hetero) is 1. The summed E-state index contributed by atoms with van der Waals surface area (Å²) in [6.45, 7) is 4.38. The highest BCUT2D eigenvalue weighted by molar-refractivity contribution is 6.01. The Labute approximate surface area is 169 Å². The normalized spacial score (nSPS) is 42.9. The van der Waals surface area contributed by atoms with Gasteiger partial charge in [-0.05, 0) is 56.3 Å². The molecule has 4 aliphatic rings. The van der Waals surface area contributed by atoms with E-state index in [2.05, 4.69) is 0 Å². The second-order valence-corrected chi connectivity index (χ2v) is 9.28. The third kappa shape index (κ3) is 2.57. The second kappa shape index (κ2) is 6.46. The molecule has 0 amide bonds. The molecule has 0 unspecified atom stereocenters. The molecule has 0 aromatic heterocycles. The highest BCUT2D eigenvalue weighted by atomic mass is 19.1. The summed E-state index contributed by atoms with van der Waals surface area (Å²) in [6, 6.07) is 0. The van der Waals surface area contributed by atoms with Crippen LogP contribution in [0.1, 0.15) is 46.5 Å². The van der Waals surface area contributed by atoms with Crippen LogP contribution >= 0.6 is 0 Å². The van der Waals surface area contributed by atoms with E-state index in [0.717, 1.165) is 5.57 Å². The highest BCUT2D eigenvalue weighted by Gasteiger charge is 2.71. The number of hydrogen-bond donors (Lipinski definition) is 1. The fourth-order valence-corrected chi connectivity index (χ4v) is 6.59. The lowest BCUT2D eigenvalue weighted by Crippen LogP contribution is -2.67. The number of ether oxygens (including phenoxy) is 1. The average molecular weight is 402 g/mol. The average Bonchev–Trinajstić information content (AvgIpc) is 2.99. The lowest BCUT2D eigenvalue weighted by molar-refractivity contribution is -0.206. The first kappa shape index (κ1) is 20.2. The molecule has 0 radical (unpaired) electrons. The van der Waals surface area contributed by atoms with Gasteiger partial charge in [-0.25, -0.2) is 4.39 Å². The zero-order chi connectivity index (χ0) is 21.2. The Morgan fingerprint density at radius 1 is 1.31 bits per heavy atom. The summed E-state index contributed by atoms with van der Waals surface area (Å²) in [5.74, 6) is -1.64. The molecule has 6 atom stereocenters. The van der Waals surface area contributed by atoms with Gasteiger partial charge in [0.15, 0.2) is 17.2 Å². The van der Waals surface area contributed by atoms with Crippen molar-refractivity contribution in [3.8, 4) is 0 Å². The number of rotatable bonds is 3. The maximum atomic E-state index is 17.3. The summed E-state index contributed by atoms with van der Waals surface area (Å²) in [6.07, 6.45) is 7.17. The number of allylic oxidation sites excluding steroid dienone is 5. The summed E-state index contributed by atoms with van der Waals surface area (Å²) in [5.41, 5.74) is -2.33. The van der Waals surface area contributed by atoms with Crippen LogP contribution in [0.2, 0.25) is 0 Å². The van der Waals surface area contributed by atoms with Gasteiger partial charge < -0.3 is 9.84 Å². The Morgan fingerprint density at radius 2 is 2.03 bits per heavy atom. The minimum atomic E-state index is -1.88. The lowest BCUT2D eigenvalue weighted by atomic mass is 9.45. The molecule has 0 aromatic carbocycles. The number of aliphatic hydroxyl groups excluding tert-OH is 1. The molecule has 0 heterocycles. The van der Waals surface area contributed by atoms with Crippen molar-refractivity contribution in [3.05, 3.63) is 35.5 Å². The number of carbonyl (C=O) groups excluding carboxylic acids is 3. The summed E-state index contributed by atoms with van der Waals surface area (Å²) in [7, 11) is 0. The Kier molecular flexibility index (Phi) is 4.50. The Morgan fingerprint density at radius 3 is 2.69 bits per heavy atom. The first-order chi connectivity index (χ1) is 13.6. The zero-order valence-electron chi connectivity index (χ0n) is 17.0. The van der Waals surface area contributed by atoms with Crippen LogP contribution in [0.3, 0.4) is 0 Å². The van der Waals surface area contributed by atoms with Crippen molar-refractivity contribution >= 4 is 17.5 Å². The zero-order valence-corrected chi connectivity index (χ0v) is 17.0. The monoisotopic (exact) mass is 402 g/mol. The first-order valence-corrected chi connectivity index (χ1v) is 10.2. The van der Waals surface area contributed by atoms with Crippen molar-refractivity contribution in [2.45, 2.75) is 58.2 Å². The number of carbonyl (C=O) groups is 3. The van der Waals surface area contributed by atoms with Gasteiger partial charge in [-0.2, -0.15) is 0 Å². The molecule has 29 heavy (non-hydrogen) atoms. The molecule has 2 fully saturated rings. The first-order valence-electron chi connectivity index (χ1n) is 10.2. The van der Waals surface area contributed by atoms with Gasteiger partial charge in [0.2, 0.25) is 0 Å². The summed E-state index contributed by atoms with van der Waals surface area (Å²) in [4.78, 5) is 36.2. The predicted octanol–water partition coefficient (Wildman–Crippen LogP) is 3.03. The van der Waals surface area contributed by atoms with Gasteiger partial charge in [-0.1, -0.05) is 24.6 Å². The minimum Gasteiger partial charge on any atom is -0.459 e.